The summed E-state index contributed by atoms with van der Waals surface area (Å²) in [6.07, 6.45) is 5.39. The van der Waals surface area contributed by atoms with Crippen molar-refractivity contribution >= 4 is 34.8 Å². The van der Waals surface area contributed by atoms with E-state index in [4.69, 9.17) is 4.74 Å². The van der Waals surface area contributed by atoms with Crippen LogP contribution in [0, 0.1) is 6.92 Å². The fourth-order valence-corrected chi connectivity index (χ4v) is 5.01. The number of nitrogens with one attached hydrogen (secondary N) is 3. The molecule has 1 saturated heterocycles. The molecule has 0 saturated carbocycles. The van der Waals surface area contributed by atoms with Gasteiger partial charge in [0.05, 0.1) is 18.4 Å². The van der Waals surface area contributed by atoms with Crippen molar-refractivity contribution in [2.45, 2.75) is 52.4 Å². The second-order valence-electron chi connectivity index (χ2n) is 11.6. The van der Waals surface area contributed by atoms with E-state index in [9.17, 15) is 18.4 Å². The Kier molecular flexibility index (Phi) is 8.95. The lowest BCUT2D eigenvalue weighted by Gasteiger charge is -2.22. The quantitative estimate of drug-likeness (QED) is 0.225. The van der Waals surface area contributed by atoms with Crippen LogP contribution in [0.5, 0.6) is 5.75 Å². The van der Waals surface area contributed by atoms with Gasteiger partial charge < -0.3 is 25.4 Å². The van der Waals surface area contributed by atoms with Crippen molar-refractivity contribution in [2.75, 3.05) is 30.3 Å². The van der Waals surface area contributed by atoms with Crippen LogP contribution in [-0.2, 0) is 9.53 Å². The third-order valence-corrected chi connectivity index (χ3v) is 6.93. The number of rotatable bonds is 9. The van der Waals surface area contributed by atoms with Gasteiger partial charge in [0, 0.05) is 48.5 Å². The number of aromatic nitrogens is 3. The monoisotopic (exact) mass is 607 g/mol. The summed E-state index contributed by atoms with van der Waals surface area (Å²) in [5.74, 6) is 0.460. The SMILES string of the molecule is Cc1cc(Nc2nccn3c(-c4ccc(OC(F)F)cc4)cnc23)ccc1NC(=O)CN1CCC(NC(=O)OC(C)(C)C)C1. The van der Waals surface area contributed by atoms with E-state index in [2.05, 4.69) is 30.7 Å². The van der Waals surface area contributed by atoms with Crippen LogP contribution in [0.15, 0.2) is 61.1 Å². The maximum absolute atomic E-state index is 12.8. The van der Waals surface area contributed by atoms with Crippen LogP contribution >= 0.6 is 0 Å². The number of carbonyl (C=O) groups is 2. The second kappa shape index (κ2) is 12.8. The zero-order valence-corrected chi connectivity index (χ0v) is 24.9. The van der Waals surface area contributed by atoms with Crippen LogP contribution in [0.1, 0.15) is 32.8 Å². The van der Waals surface area contributed by atoms with Crippen LogP contribution in [0.25, 0.3) is 16.9 Å². The molecule has 1 aliphatic rings. The van der Waals surface area contributed by atoms with Crippen LogP contribution in [-0.4, -0.2) is 69.2 Å². The number of carbonyl (C=O) groups excluding carboxylic acids is 2. The van der Waals surface area contributed by atoms with Crippen molar-refractivity contribution in [3.8, 4) is 17.0 Å². The summed E-state index contributed by atoms with van der Waals surface area (Å²) >= 11 is 0. The summed E-state index contributed by atoms with van der Waals surface area (Å²) in [4.78, 5) is 35.8. The minimum absolute atomic E-state index is 0.0675. The van der Waals surface area contributed by atoms with E-state index < -0.39 is 18.3 Å². The highest BCUT2D eigenvalue weighted by Crippen LogP contribution is 2.28. The van der Waals surface area contributed by atoms with Crippen LogP contribution < -0.4 is 20.7 Å². The zero-order valence-electron chi connectivity index (χ0n) is 24.9. The third-order valence-electron chi connectivity index (χ3n) is 6.93. The van der Waals surface area contributed by atoms with E-state index in [1.165, 1.54) is 12.1 Å². The topological polar surface area (TPSA) is 122 Å². The Hall–Kier alpha value is -4.78. The molecule has 2 amide bonds. The molecule has 5 rings (SSSR count). The minimum atomic E-state index is -2.88. The number of likely N-dealkylation sites (tertiary alicyclic amines) is 1. The van der Waals surface area contributed by atoms with Gasteiger partial charge in [-0.1, -0.05) is 0 Å². The molecule has 11 nitrogen and oxygen atoms in total. The molecule has 3 heterocycles. The highest BCUT2D eigenvalue weighted by molar-refractivity contribution is 5.93. The summed E-state index contributed by atoms with van der Waals surface area (Å²) in [6, 6.07) is 11.8. The number of alkyl halides is 2. The van der Waals surface area contributed by atoms with Crippen molar-refractivity contribution in [1.82, 2.24) is 24.6 Å². The van der Waals surface area contributed by atoms with Gasteiger partial charge in [0.15, 0.2) is 11.5 Å². The average Bonchev–Trinajstić information content (AvgIpc) is 3.56. The highest BCUT2D eigenvalue weighted by atomic mass is 19.3. The molecule has 1 unspecified atom stereocenters. The molecular formula is C31H35F2N7O4. The molecule has 13 heteroatoms. The Morgan fingerprint density at radius 1 is 1.11 bits per heavy atom. The van der Waals surface area contributed by atoms with E-state index in [1.54, 1.807) is 30.7 Å². The van der Waals surface area contributed by atoms with Gasteiger partial charge >= 0.3 is 12.7 Å². The van der Waals surface area contributed by atoms with Crippen LogP contribution in [0.2, 0.25) is 0 Å². The van der Waals surface area contributed by atoms with Gasteiger partial charge in [-0.2, -0.15) is 8.78 Å². The first kappa shape index (κ1) is 30.7. The molecule has 0 aliphatic carbocycles. The molecule has 4 aromatic rings. The lowest BCUT2D eigenvalue weighted by atomic mass is 10.1. The summed E-state index contributed by atoms with van der Waals surface area (Å²) in [5.41, 5.74) is 3.85. The lowest BCUT2D eigenvalue weighted by molar-refractivity contribution is -0.117. The Morgan fingerprint density at radius 2 is 1.89 bits per heavy atom. The maximum atomic E-state index is 12.8. The number of alkyl carbamates (subject to hydrolysis) is 1. The van der Waals surface area contributed by atoms with Gasteiger partial charge in [-0.15, -0.1) is 0 Å². The normalized spacial score (nSPS) is 15.4. The molecule has 0 radical (unpaired) electrons. The lowest BCUT2D eigenvalue weighted by Crippen LogP contribution is -2.41. The molecule has 3 N–H and O–H groups in total. The van der Waals surface area contributed by atoms with Gasteiger partial charge in [0.2, 0.25) is 5.91 Å². The van der Waals surface area contributed by atoms with Gasteiger partial charge in [0.25, 0.3) is 0 Å². The number of hydrogen-bond acceptors (Lipinski definition) is 8. The first-order valence-corrected chi connectivity index (χ1v) is 14.2. The van der Waals surface area contributed by atoms with E-state index in [-0.39, 0.29) is 24.2 Å². The van der Waals surface area contributed by atoms with E-state index in [0.717, 1.165) is 28.9 Å². The summed E-state index contributed by atoms with van der Waals surface area (Å²) in [5, 5.41) is 9.14. The third kappa shape index (κ3) is 7.78. The Balaban J connectivity index is 1.18. The van der Waals surface area contributed by atoms with Crippen LogP contribution in [0.4, 0.5) is 30.8 Å². The van der Waals surface area contributed by atoms with Crippen molar-refractivity contribution < 1.29 is 27.8 Å². The van der Waals surface area contributed by atoms with E-state index in [0.29, 0.717) is 30.2 Å². The van der Waals surface area contributed by atoms with Crippen molar-refractivity contribution in [3.63, 3.8) is 0 Å². The number of ether oxygens (including phenoxy) is 2. The van der Waals surface area contributed by atoms with E-state index in [1.807, 2.05) is 55.2 Å². The number of benzene rings is 2. The molecule has 2 aromatic heterocycles. The van der Waals surface area contributed by atoms with E-state index >= 15 is 0 Å². The minimum Gasteiger partial charge on any atom is -0.444 e. The predicted molar refractivity (Wildman–Crippen MR) is 162 cm³/mol. The number of anilines is 3. The molecule has 1 atom stereocenters. The predicted octanol–water partition coefficient (Wildman–Crippen LogP) is 5.59. The summed E-state index contributed by atoms with van der Waals surface area (Å²) < 4.78 is 36.6. The molecule has 1 aliphatic heterocycles. The molecule has 232 valence electrons. The number of aryl methyl sites for hydroxylation is 1. The van der Waals surface area contributed by atoms with Crippen molar-refractivity contribution in [1.29, 1.82) is 0 Å². The molecule has 44 heavy (non-hydrogen) atoms. The molecule has 2 aromatic carbocycles. The van der Waals surface area contributed by atoms with Gasteiger partial charge in [-0.05, 0) is 82.1 Å². The molecule has 0 bridgehead atoms. The number of nitrogens with zero attached hydrogens (tertiary/aromatic N) is 4. The maximum Gasteiger partial charge on any atom is 0.407 e. The second-order valence-corrected chi connectivity index (χ2v) is 11.6. The van der Waals surface area contributed by atoms with Crippen molar-refractivity contribution in [2.24, 2.45) is 0 Å². The number of imidazole rings is 1. The Morgan fingerprint density at radius 3 is 2.59 bits per heavy atom. The smallest absolute Gasteiger partial charge is 0.407 e. The van der Waals surface area contributed by atoms with Crippen LogP contribution in [0.3, 0.4) is 0 Å². The summed E-state index contributed by atoms with van der Waals surface area (Å²) in [6.45, 7) is 5.95. The number of fused-ring (bicyclic) bond motifs is 1. The molecular weight excluding hydrogens is 572 g/mol. The zero-order chi connectivity index (χ0) is 31.4. The number of halogens is 2. The summed E-state index contributed by atoms with van der Waals surface area (Å²) in [7, 11) is 0. The van der Waals surface area contributed by atoms with Gasteiger partial charge in [-0.3, -0.25) is 14.1 Å². The van der Waals surface area contributed by atoms with Crippen molar-refractivity contribution in [3.05, 3.63) is 66.6 Å². The standard InChI is InChI=1S/C31H35F2N7O4/c1-19-15-21(7-10-24(19)38-26(41)18-39-13-11-22(17-39)37-30(42)44-31(2,3)4)36-27-28-35-16-25(40(28)14-12-34-27)20-5-8-23(9-6-20)43-29(32)33/h5-10,12,14-16,22,29H,11,13,17-18H2,1-4H3,(H,34,36)(H,37,42)(H,38,41). The molecule has 1 fully saturated rings. The number of hydrogen-bond donors (Lipinski definition) is 3. The highest BCUT2D eigenvalue weighted by Gasteiger charge is 2.27. The largest absolute Gasteiger partial charge is 0.444 e. The fraction of sp³-hybridized carbons (Fsp3) is 0.355. The molecule has 0 spiro atoms. The fourth-order valence-electron chi connectivity index (χ4n) is 5.01. The first-order valence-electron chi connectivity index (χ1n) is 14.2. The Bertz CT molecular complexity index is 1640. The number of amides is 2. The van der Waals surface area contributed by atoms with Gasteiger partial charge in [-0.25, -0.2) is 14.8 Å². The first-order chi connectivity index (χ1) is 20.9. The Labute approximate surface area is 253 Å². The van der Waals surface area contributed by atoms with Gasteiger partial charge in [0.1, 0.15) is 11.4 Å². The average molecular weight is 608 g/mol.